The first-order valence-electron chi connectivity index (χ1n) is 7.36. The third-order valence-electron chi connectivity index (χ3n) is 5.11. The van der Waals surface area contributed by atoms with Crippen LogP contribution in [0.4, 0.5) is 22.0 Å². The fourth-order valence-electron chi connectivity index (χ4n) is 4.16. The van der Waals surface area contributed by atoms with Crippen LogP contribution < -0.4 is 0 Å². The maximum absolute atomic E-state index is 14.8. The van der Waals surface area contributed by atoms with Gasteiger partial charge in [0.25, 0.3) is 0 Å². The molecule has 3 fully saturated rings. The van der Waals surface area contributed by atoms with Crippen LogP contribution in [-0.2, 0) is 14.2 Å². The average Bonchev–Trinajstić information content (AvgIpc) is 3.13. The van der Waals surface area contributed by atoms with E-state index in [-0.39, 0.29) is 13.0 Å². The van der Waals surface area contributed by atoms with Crippen LogP contribution in [0.3, 0.4) is 0 Å². The van der Waals surface area contributed by atoms with Crippen LogP contribution in [0.1, 0.15) is 19.3 Å². The zero-order valence-electron chi connectivity index (χ0n) is 11.5. The molecule has 2 saturated heterocycles. The van der Waals surface area contributed by atoms with Crippen molar-refractivity contribution in [3.05, 3.63) is 12.2 Å². The molecule has 6 unspecified atom stereocenters. The standard InChI is InChI=1S/C14H15F5O3/c15-12(16)10-7-3-4-8(6-7)11(10)22-13(12,14(17,18)19)21-9-2-1-5-20-9/h3-4,7-11H,1-2,5-6H2. The molecule has 8 heteroatoms. The first kappa shape index (κ1) is 14.8. The van der Waals surface area contributed by atoms with E-state index in [0.717, 1.165) is 0 Å². The zero-order chi connectivity index (χ0) is 15.8. The first-order chi connectivity index (χ1) is 10.3. The quantitative estimate of drug-likeness (QED) is 0.576. The van der Waals surface area contributed by atoms with Gasteiger partial charge in [-0.2, -0.15) is 22.0 Å². The molecule has 124 valence electrons. The van der Waals surface area contributed by atoms with E-state index in [9.17, 15) is 22.0 Å². The minimum atomic E-state index is -5.34. The van der Waals surface area contributed by atoms with Gasteiger partial charge in [-0.05, 0) is 18.8 Å². The topological polar surface area (TPSA) is 27.7 Å². The number of alkyl halides is 5. The van der Waals surface area contributed by atoms with Crippen LogP contribution in [0.5, 0.6) is 0 Å². The minimum Gasteiger partial charge on any atom is -0.353 e. The second kappa shape index (κ2) is 4.42. The van der Waals surface area contributed by atoms with Crippen molar-refractivity contribution in [1.82, 2.24) is 0 Å². The number of ether oxygens (including phenoxy) is 3. The highest BCUT2D eigenvalue weighted by atomic mass is 19.4. The average molecular weight is 326 g/mol. The number of fused-ring (bicyclic) bond motifs is 5. The fraction of sp³-hybridized carbons (Fsp3) is 0.857. The summed E-state index contributed by atoms with van der Waals surface area (Å²) in [5.41, 5.74) is 0. The summed E-state index contributed by atoms with van der Waals surface area (Å²) in [6.45, 7) is 0.198. The van der Waals surface area contributed by atoms with Gasteiger partial charge in [-0.25, -0.2) is 0 Å². The van der Waals surface area contributed by atoms with Crippen molar-refractivity contribution in [3.8, 4) is 0 Å². The molecule has 0 aromatic heterocycles. The van der Waals surface area contributed by atoms with Crippen molar-refractivity contribution in [2.75, 3.05) is 6.61 Å². The number of allylic oxidation sites excluding steroid dienone is 1. The number of hydrogen-bond acceptors (Lipinski definition) is 3. The number of halogens is 5. The van der Waals surface area contributed by atoms with Gasteiger partial charge < -0.3 is 14.2 Å². The van der Waals surface area contributed by atoms with Crippen LogP contribution in [0.25, 0.3) is 0 Å². The second-order valence-electron chi connectivity index (χ2n) is 6.35. The van der Waals surface area contributed by atoms with Gasteiger partial charge in [0.15, 0.2) is 6.29 Å². The van der Waals surface area contributed by atoms with Gasteiger partial charge in [-0.15, -0.1) is 0 Å². The molecule has 2 aliphatic heterocycles. The summed E-state index contributed by atoms with van der Waals surface area (Å²) in [5.74, 6) is -10.6. The Balaban J connectivity index is 1.72. The molecule has 4 rings (SSSR count). The summed E-state index contributed by atoms with van der Waals surface area (Å²) in [5, 5.41) is 0. The van der Waals surface area contributed by atoms with E-state index < -0.39 is 48.0 Å². The second-order valence-corrected chi connectivity index (χ2v) is 6.35. The normalized spacial score (nSPS) is 49.0. The van der Waals surface area contributed by atoms with Crippen LogP contribution in [0, 0.1) is 17.8 Å². The molecule has 3 nitrogen and oxygen atoms in total. The molecule has 0 amide bonds. The molecule has 4 aliphatic rings. The smallest absolute Gasteiger partial charge is 0.353 e. The summed E-state index contributed by atoms with van der Waals surface area (Å²) < 4.78 is 84.8. The fourth-order valence-corrected chi connectivity index (χ4v) is 4.16. The molecule has 0 aromatic carbocycles. The molecule has 0 radical (unpaired) electrons. The van der Waals surface area contributed by atoms with E-state index >= 15 is 0 Å². The van der Waals surface area contributed by atoms with Crippen LogP contribution in [-0.4, -0.2) is 36.9 Å². The van der Waals surface area contributed by atoms with Crippen molar-refractivity contribution in [2.45, 2.75) is 49.5 Å². The number of hydrogen-bond donors (Lipinski definition) is 0. The Kier molecular flexibility index (Phi) is 2.98. The first-order valence-corrected chi connectivity index (χ1v) is 7.36. The molecule has 0 N–H and O–H groups in total. The zero-order valence-corrected chi connectivity index (χ0v) is 11.5. The summed E-state index contributed by atoms with van der Waals surface area (Å²) in [7, 11) is 0. The summed E-state index contributed by atoms with van der Waals surface area (Å²) in [6, 6.07) is 0. The third kappa shape index (κ3) is 1.71. The van der Waals surface area contributed by atoms with E-state index in [1.165, 1.54) is 0 Å². The molecule has 1 saturated carbocycles. The van der Waals surface area contributed by atoms with Gasteiger partial charge in [-0.1, -0.05) is 12.2 Å². The Morgan fingerprint density at radius 1 is 1.14 bits per heavy atom. The summed E-state index contributed by atoms with van der Waals surface area (Å²) in [4.78, 5) is 0. The Bertz CT molecular complexity index is 499. The van der Waals surface area contributed by atoms with Gasteiger partial charge in [0, 0.05) is 18.9 Å². The van der Waals surface area contributed by atoms with E-state index in [0.29, 0.717) is 12.8 Å². The largest absolute Gasteiger partial charge is 0.450 e. The molecule has 0 spiro atoms. The number of rotatable bonds is 2. The molecule has 2 aliphatic carbocycles. The van der Waals surface area contributed by atoms with Crippen molar-refractivity contribution in [2.24, 2.45) is 17.8 Å². The predicted molar refractivity (Wildman–Crippen MR) is 62.9 cm³/mol. The van der Waals surface area contributed by atoms with Crippen LogP contribution in [0.15, 0.2) is 12.2 Å². The molecule has 2 heterocycles. The highest BCUT2D eigenvalue weighted by Gasteiger charge is 2.84. The van der Waals surface area contributed by atoms with Gasteiger partial charge in [0.05, 0.1) is 12.0 Å². The van der Waals surface area contributed by atoms with Gasteiger partial charge in [-0.3, -0.25) is 0 Å². The van der Waals surface area contributed by atoms with Gasteiger partial charge in [0.1, 0.15) is 0 Å². The molecule has 2 bridgehead atoms. The lowest BCUT2D eigenvalue weighted by molar-refractivity contribution is -0.448. The maximum atomic E-state index is 14.8. The van der Waals surface area contributed by atoms with Crippen molar-refractivity contribution < 1.29 is 36.2 Å². The Morgan fingerprint density at radius 3 is 2.45 bits per heavy atom. The minimum absolute atomic E-state index is 0.151. The Morgan fingerprint density at radius 2 is 1.86 bits per heavy atom. The van der Waals surface area contributed by atoms with E-state index in [4.69, 9.17) is 14.2 Å². The van der Waals surface area contributed by atoms with Crippen LogP contribution >= 0.6 is 0 Å². The highest BCUT2D eigenvalue weighted by Crippen LogP contribution is 2.65. The summed E-state index contributed by atoms with van der Waals surface area (Å²) in [6.07, 6.45) is -3.53. The van der Waals surface area contributed by atoms with Crippen molar-refractivity contribution in [1.29, 1.82) is 0 Å². The van der Waals surface area contributed by atoms with Gasteiger partial charge in [0.2, 0.25) is 0 Å². The lowest BCUT2D eigenvalue weighted by atomic mass is 9.84. The third-order valence-corrected chi connectivity index (χ3v) is 5.11. The SMILES string of the molecule is FC(F)(F)C1(OC2CCCO2)OC2C3C=CC(C3)C2C1(F)F. The Hall–Kier alpha value is -0.730. The van der Waals surface area contributed by atoms with Gasteiger partial charge >= 0.3 is 17.9 Å². The monoisotopic (exact) mass is 326 g/mol. The van der Waals surface area contributed by atoms with Crippen LogP contribution in [0.2, 0.25) is 0 Å². The van der Waals surface area contributed by atoms with E-state index in [2.05, 4.69) is 0 Å². The summed E-state index contributed by atoms with van der Waals surface area (Å²) >= 11 is 0. The molecule has 0 aromatic rings. The predicted octanol–water partition coefficient (Wildman–Crippen LogP) is 3.25. The maximum Gasteiger partial charge on any atom is 0.450 e. The molecular formula is C14H15F5O3. The highest BCUT2D eigenvalue weighted by molar-refractivity contribution is 5.23. The molecule has 6 atom stereocenters. The lowest BCUT2D eigenvalue weighted by Crippen LogP contribution is -2.61. The van der Waals surface area contributed by atoms with Crippen molar-refractivity contribution >= 4 is 0 Å². The van der Waals surface area contributed by atoms with E-state index in [1.807, 2.05) is 0 Å². The van der Waals surface area contributed by atoms with Crippen molar-refractivity contribution in [3.63, 3.8) is 0 Å². The van der Waals surface area contributed by atoms with E-state index in [1.54, 1.807) is 12.2 Å². The lowest BCUT2D eigenvalue weighted by Gasteiger charge is -2.38. The molecular weight excluding hydrogens is 311 g/mol. The Labute approximate surface area is 123 Å². The molecule has 22 heavy (non-hydrogen) atoms.